The zero-order valence-electron chi connectivity index (χ0n) is 16.5. The first-order valence-corrected chi connectivity index (χ1v) is 9.85. The molecular formula is C21H25N5O2. The van der Waals surface area contributed by atoms with E-state index in [1.165, 1.54) is 23.1 Å². The molecule has 28 heavy (non-hydrogen) atoms. The van der Waals surface area contributed by atoms with Crippen LogP contribution >= 0.6 is 0 Å². The lowest BCUT2D eigenvalue weighted by atomic mass is 10.0. The Morgan fingerprint density at radius 3 is 2.64 bits per heavy atom. The SMILES string of the molecule is CCc1nn(CC(=O)Nc2ccn(C(C)C)n2)c(=O)c2ccc(C3CC3)cc12. The lowest BCUT2D eigenvalue weighted by molar-refractivity contribution is -0.117. The van der Waals surface area contributed by atoms with E-state index in [0.717, 1.165) is 11.1 Å². The zero-order chi connectivity index (χ0) is 19.8. The van der Waals surface area contributed by atoms with E-state index >= 15 is 0 Å². The van der Waals surface area contributed by atoms with E-state index in [2.05, 4.69) is 21.6 Å². The molecule has 0 aliphatic heterocycles. The monoisotopic (exact) mass is 379 g/mol. The molecule has 1 N–H and O–H groups in total. The average molecular weight is 379 g/mol. The van der Waals surface area contributed by atoms with Gasteiger partial charge in [0.25, 0.3) is 5.56 Å². The number of fused-ring (bicyclic) bond motifs is 1. The molecule has 0 radical (unpaired) electrons. The first kappa shape index (κ1) is 18.4. The number of amides is 1. The first-order valence-electron chi connectivity index (χ1n) is 9.85. The molecule has 7 nitrogen and oxygen atoms in total. The van der Waals surface area contributed by atoms with Crippen LogP contribution < -0.4 is 10.9 Å². The highest BCUT2D eigenvalue weighted by Gasteiger charge is 2.24. The minimum Gasteiger partial charge on any atom is -0.308 e. The van der Waals surface area contributed by atoms with Crippen LogP contribution in [0.5, 0.6) is 0 Å². The van der Waals surface area contributed by atoms with E-state index in [9.17, 15) is 9.59 Å². The van der Waals surface area contributed by atoms with Gasteiger partial charge in [0.05, 0.1) is 11.1 Å². The molecule has 1 fully saturated rings. The van der Waals surface area contributed by atoms with Crippen molar-refractivity contribution in [2.24, 2.45) is 0 Å². The molecule has 4 rings (SSSR count). The largest absolute Gasteiger partial charge is 0.308 e. The molecule has 7 heteroatoms. The molecule has 0 atom stereocenters. The Bertz CT molecular complexity index is 1090. The third kappa shape index (κ3) is 3.56. The van der Waals surface area contributed by atoms with Gasteiger partial charge in [0.1, 0.15) is 6.54 Å². The number of hydrogen-bond acceptors (Lipinski definition) is 4. The second-order valence-corrected chi connectivity index (χ2v) is 7.67. The van der Waals surface area contributed by atoms with Crippen molar-refractivity contribution in [3.8, 4) is 0 Å². The summed E-state index contributed by atoms with van der Waals surface area (Å²) < 4.78 is 3.02. The number of aryl methyl sites for hydroxylation is 1. The maximum atomic E-state index is 12.9. The van der Waals surface area contributed by atoms with Crippen molar-refractivity contribution in [3.63, 3.8) is 0 Å². The second-order valence-electron chi connectivity index (χ2n) is 7.67. The Labute approximate surface area is 163 Å². The molecule has 1 aliphatic carbocycles. The van der Waals surface area contributed by atoms with Crippen molar-refractivity contribution in [2.75, 3.05) is 5.32 Å². The van der Waals surface area contributed by atoms with E-state index in [1.54, 1.807) is 10.7 Å². The maximum Gasteiger partial charge on any atom is 0.275 e. The first-order chi connectivity index (χ1) is 13.5. The van der Waals surface area contributed by atoms with Crippen LogP contribution in [0.15, 0.2) is 35.3 Å². The molecule has 1 aliphatic rings. The van der Waals surface area contributed by atoms with Gasteiger partial charge in [-0.05, 0) is 56.7 Å². The van der Waals surface area contributed by atoms with Gasteiger partial charge in [0.2, 0.25) is 5.91 Å². The number of anilines is 1. The number of hydrogen-bond donors (Lipinski definition) is 1. The molecule has 2 heterocycles. The summed E-state index contributed by atoms with van der Waals surface area (Å²) in [5.41, 5.74) is 1.88. The van der Waals surface area contributed by atoms with Crippen molar-refractivity contribution < 1.29 is 4.79 Å². The van der Waals surface area contributed by atoms with E-state index < -0.39 is 0 Å². The van der Waals surface area contributed by atoms with Crippen LogP contribution in [0.1, 0.15) is 56.8 Å². The molecule has 0 bridgehead atoms. The standard InChI is InChI=1S/C21H25N5O2/c1-4-18-17-11-15(14-5-6-14)7-8-16(17)21(28)26(23-18)12-20(27)22-19-9-10-25(24-19)13(2)3/h7-11,13-14H,4-6,12H2,1-3H3,(H,22,24,27). The summed E-state index contributed by atoms with van der Waals surface area (Å²) in [4.78, 5) is 25.3. The van der Waals surface area contributed by atoms with Gasteiger partial charge in [-0.1, -0.05) is 13.0 Å². The lowest BCUT2D eigenvalue weighted by Gasteiger charge is -2.11. The summed E-state index contributed by atoms with van der Waals surface area (Å²) in [6, 6.07) is 7.96. The van der Waals surface area contributed by atoms with Crippen LogP contribution in [-0.4, -0.2) is 25.5 Å². The van der Waals surface area contributed by atoms with Gasteiger partial charge in [-0.3, -0.25) is 14.3 Å². The summed E-state index contributed by atoms with van der Waals surface area (Å²) in [5.74, 6) is 0.768. The predicted molar refractivity (Wildman–Crippen MR) is 109 cm³/mol. The topological polar surface area (TPSA) is 81.8 Å². The Kier molecular flexibility index (Phi) is 4.75. The number of carbonyl (C=O) groups excluding carboxylic acids is 1. The van der Waals surface area contributed by atoms with Gasteiger partial charge in [-0.15, -0.1) is 0 Å². The minimum absolute atomic E-state index is 0.138. The van der Waals surface area contributed by atoms with Crippen molar-refractivity contribution >= 4 is 22.5 Å². The number of rotatable bonds is 6. The highest BCUT2D eigenvalue weighted by atomic mass is 16.2. The van der Waals surface area contributed by atoms with E-state index in [-0.39, 0.29) is 24.1 Å². The highest BCUT2D eigenvalue weighted by molar-refractivity contribution is 5.90. The second kappa shape index (κ2) is 7.22. The maximum absolute atomic E-state index is 12.9. The Balaban J connectivity index is 1.60. The predicted octanol–water partition coefficient (Wildman–Crippen LogP) is 3.25. The summed E-state index contributed by atoms with van der Waals surface area (Å²) >= 11 is 0. The Morgan fingerprint density at radius 1 is 1.21 bits per heavy atom. The molecule has 3 aromatic rings. The van der Waals surface area contributed by atoms with Crippen LogP contribution in [0.3, 0.4) is 0 Å². The molecule has 1 amide bonds. The number of carbonyl (C=O) groups is 1. The molecule has 0 spiro atoms. The fourth-order valence-electron chi connectivity index (χ4n) is 3.42. The summed E-state index contributed by atoms with van der Waals surface area (Å²) in [5, 5.41) is 13.0. The Morgan fingerprint density at radius 2 is 2.00 bits per heavy atom. The molecule has 0 saturated heterocycles. The van der Waals surface area contributed by atoms with Gasteiger partial charge in [-0.2, -0.15) is 10.2 Å². The average Bonchev–Trinajstić information content (AvgIpc) is 3.42. The fraction of sp³-hybridized carbons (Fsp3) is 0.429. The summed E-state index contributed by atoms with van der Waals surface area (Å²) in [6.07, 6.45) is 4.94. The third-order valence-corrected chi connectivity index (χ3v) is 5.14. The van der Waals surface area contributed by atoms with Crippen molar-refractivity contribution in [2.45, 2.75) is 58.5 Å². The molecule has 146 valence electrons. The van der Waals surface area contributed by atoms with Crippen LogP contribution in [0.2, 0.25) is 0 Å². The quantitative estimate of drug-likeness (QED) is 0.713. The van der Waals surface area contributed by atoms with E-state index in [0.29, 0.717) is 23.5 Å². The molecule has 0 unspecified atom stereocenters. The van der Waals surface area contributed by atoms with Gasteiger partial charge < -0.3 is 5.32 Å². The third-order valence-electron chi connectivity index (χ3n) is 5.14. The number of nitrogens with one attached hydrogen (secondary N) is 1. The van der Waals surface area contributed by atoms with E-state index in [4.69, 9.17) is 0 Å². The zero-order valence-corrected chi connectivity index (χ0v) is 16.5. The molecule has 1 saturated carbocycles. The molecule has 1 aromatic carbocycles. The summed E-state index contributed by atoms with van der Waals surface area (Å²) in [6.45, 7) is 5.90. The normalized spacial score (nSPS) is 14.0. The minimum atomic E-state index is -0.320. The Hall–Kier alpha value is -2.96. The van der Waals surface area contributed by atoms with Gasteiger partial charge in [0, 0.05) is 23.7 Å². The lowest BCUT2D eigenvalue weighted by Crippen LogP contribution is -2.30. The van der Waals surface area contributed by atoms with Gasteiger partial charge in [-0.25, -0.2) is 4.68 Å². The van der Waals surface area contributed by atoms with Crippen molar-refractivity contribution in [1.82, 2.24) is 19.6 Å². The van der Waals surface area contributed by atoms with Crippen LogP contribution in [0, 0.1) is 0 Å². The number of nitrogens with zero attached hydrogens (tertiary/aromatic N) is 4. The van der Waals surface area contributed by atoms with Crippen molar-refractivity contribution in [3.05, 3.63) is 52.1 Å². The number of benzene rings is 1. The van der Waals surface area contributed by atoms with Gasteiger partial charge >= 0.3 is 0 Å². The fourth-order valence-corrected chi connectivity index (χ4v) is 3.42. The molecule has 2 aromatic heterocycles. The van der Waals surface area contributed by atoms with Crippen LogP contribution in [-0.2, 0) is 17.8 Å². The van der Waals surface area contributed by atoms with Crippen LogP contribution in [0.25, 0.3) is 10.8 Å². The van der Waals surface area contributed by atoms with Crippen molar-refractivity contribution in [1.29, 1.82) is 0 Å². The van der Waals surface area contributed by atoms with Crippen LogP contribution in [0.4, 0.5) is 5.82 Å². The van der Waals surface area contributed by atoms with Gasteiger partial charge in [0.15, 0.2) is 5.82 Å². The number of aromatic nitrogens is 4. The molecular weight excluding hydrogens is 354 g/mol. The van der Waals surface area contributed by atoms with E-state index in [1.807, 2.05) is 39.1 Å². The summed E-state index contributed by atoms with van der Waals surface area (Å²) in [7, 11) is 0. The highest BCUT2D eigenvalue weighted by Crippen LogP contribution is 2.40. The smallest absolute Gasteiger partial charge is 0.275 e.